The fraction of sp³-hybridized carbons (Fsp3) is 0.455. The predicted molar refractivity (Wildman–Crippen MR) is 57.2 cm³/mol. The summed E-state index contributed by atoms with van der Waals surface area (Å²) in [6.45, 7) is 0. The molecule has 0 heterocycles. The summed E-state index contributed by atoms with van der Waals surface area (Å²) in [5.41, 5.74) is 0.810. The molecule has 1 aromatic carbocycles. The van der Waals surface area contributed by atoms with Crippen molar-refractivity contribution in [1.29, 1.82) is 0 Å². The zero-order chi connectivity index (χ0) is 11.1. The standard InChI is InChI=1S/C11H14O3S/c1-15(13,14)10-6-4-9(5-7-10)11(12)8-2-3-8/h4-8,11-12H,2-3H2,1H3. The summed E-state index contributed by atoms with van der Waals surface area (Å²) in [6, 6.07) is 6.49. The highest BCUT2D eigenvalue weighted by molar-refractivity contribution is 7.90. The molecule has 0 aliphatic heterocycles. The molecule has 1 aromatic rings. The molecule has 1 aliphatic rings. The minimum absolute atomic E-state index is 0.300. The van der Waals surface area contributed by atoms with Crippen molar-refractivity contribution in [2.75, 3.05) is 6.26 Å². The summed E-state index contributed by atoms with van der Waals surface area (Å²) >= 11 is 0. The van der Waals surface area contributed by atoms with E-state index in [1.807, 2.05) is 0 Å². The normalized spacial score (nSPS) is 18.8. The number of aliphatic hydroxyl groups excluding tert-OH is 1. The first kappa shape index (κ1) is 10.6. The Morgan fingerprint density at radius 2 is 1.80 bits per heavy atom. The van der Waals surface area contributed by atoms with E-state index in [1.54, 1.807) is 24.3 Å². The molecule has 1 saturated carbocycles. The van der Waals surface area contributed by atoms with Crippen LogP contribution >= 0.6 is 0 Å². The molecule has 1 aliphatic carbocycles. The Morgan fingerprint density at radius 3 is 2.20 bits per heavy atom. The van der Waals surface area contributed by atoms with Crippen molar-refractivity contribution < 1.29 is 13.5 Å². The van der Waals surface area contributed by atoms with Crippen molar-refractivity contribution >= 4 is 9.84 Å². The first-order chi connectivity index (χ1) is 6.98. The maximum Gasteiger partial charge on any atom is 0.175 e. The molecular weight excluding hydrogens is 212 g/mol. The van der Waals surface area contributed by atoms with E-state index >= 15 is 0 Å². The van der Waals surface area contributed by atoms with Crippen LogP contribution in [0.5, 0.6) is 0 Å². The minimum Gasteiger partial charge on any atom is -0.388 e. The molecule has 3 nitrogen and oxygen atoms in total. The molecule has 1 unspecified atom stereocenters. The molecule has 15 heavy (non-hydrogen) atoms. The zero-order valence-corrected chi connectivity index (χ0v) is 9.37. The maximum atomic E-state index is 11.2. The largest absolute Gasteiger partial charge is 0.388 e. The average Bonchev–Trinajstić information content (AvgIpc) is 2.99. The van der Waals surface area contributed by atoms with Crippen LogP contribution in [0.1, 0.15) is 24.5 Å². The van der Waals surface area contributed by atoms with Crippen molar-refractivity contribution in [3.63, 3.8) is 0 Å². The van der Waals surface area contributed by atoms with Crippen molar-refractivity contribution in [3.05, 3.63) is 29.8 Å². The van der Waals surface area contributed by atoms with Crippen molar-refractivity contribution in [3.8, 4) is 0 Å². The lowest BCUT2D eigenvalue weighted by Crippen LogP contribution is -2.01. The SMILES string of the molecule is CS(=O)(=O)c1ccc(C(O)C2CC2)cc1. The fourth-order valence-electron chi connectivity index (χ4n) is 1.60. The molecule has 0 spiro atoms. The van der Waals surface area contributed by atoms with Crippen LogP contribution in [-0.4, -0.2) is 19.8 Å². The van der Waals surface area contributed by atoms with Crippen molar-refractivity contribution in [2.24, 2.45) is 5.92 Å². The zero-order valence-electron chi connectivity index (χ0n) is 8.55. The number of hydrogen-bond donors (Lipinski definition) is 1. The second-order valence-corrected chi connectivity index (χ2v) is 6.14. The van der Waals surface area contributed by atoms with Crippen molar-refractivity contribution in [1.82, 2.24) is 0 Å². The van der Waals surface area contributed by atoms with E-state index in [1.165, 1.54) is 6.26 Å². The van der Waals surface area contributed by atoms with Gasteiger partial charge in [-0.05, 0) is 36.5 Å². The van der Waals surface area contributed by atoms with Gasteiger partial charge in [-0.2, -0.15) is 0 Å². The molecule has 0 radical (unpaired) electrons. The maximum absolute atomic E-state index is 11.2. The second kappa shape index (κ2) is 3.61. The van der Waals surface area contributed by atoms with Gasteiger partial charge in [0.2, 0.25) is 0 Å². The van der Waals surface area contributed by atoms with Crippen LogP contribution in [0.3, 0.4) is 0 Å². The summed E-state index contributed by atoms with van der Waals surface area (Å²) in [5.74, 6) is 0.370. The summed E-state index contributed by atoms with van der Waals surface area (Å²) in [5, 5.41) is 9.80. The number of rotatable bonds is 3. The second-order valence-electron chi connectivity index (χ2n) is 4.12. The Hall–Kier alpha value is -0.870. The molecule has 1 N–H and O–H groups in total. The van der Waals surface area contributed by atoms with Gasteiger partial charge in [0.25, 0.3) is 0 Å². The highest BCUT2D eigenvalue weighted by Crippen LogP contribution is 2.40. The average molecular weight is 226 g/mol. The van der Waals surface area contributed by atoms with E-state index in [0.29, 0.717) is 10.8 Å². The van der Waals surface area contributed by atoms with Gasteiger partial charge in [-0.15, -0.1) is 0 Å². The summed E-state index contributed by atoms with van der Waals surface area (Å²) in [7, 11) is -3.13. The van der Waals surface area contributed by atoms with Crippen LogP contribution in [0, 0.1) is 5.92 Å². The highest BCUT2D eigenvalue weighted by atomic mass is 32.2. The van der Waals surface area contributed by atoms with Crippen molar-refractivity contribution in [2.45, 2.75) is 23.8 Å². The number of benzene rings is 1. The Labute approximate surface area is 89.7 Å². The Bertz CT molecular complexity index is 443. The van der Waals surface area contributed by atoms with Gasteiger partial charge in [-0.25, -0.2) is 8.42 Å². The molecule has 0 aromatic heterocycles. The molecular formula is C11H14O3S. The molecule has 4 heteroatoms. The van der Waals surface area contributed by atoms with E-state index in [2.05, 4.69) is 0 Å². The monoisotopic (exact) mass is 226 g/mol. The van der Waals surface area contributed by atoms with Gasteiger partial charge in [0.05, 0.1) is 11.0 Å². The van der Waals surface area contributed by atoms with Crippen LogP contribution in [-0.2, 0) is 9.84 Å². The summed E-state index contributed by atoms with van der Waals surface area (Å²) < 4.78 is 22.4. The Balaban J connectivity index is 2.23. The fourth-order valence-corrected chi connectivity index (χ4v) is 2.23. The lowest BCUT2D eigenvalue weighted by molar-refractivity contribution is 0.154. The number of hydrogen-bond acceptors (Lipinski definition) is 3. The first-order valence-corrected chi connectivity index (χ1v) is 6.86. The highest BCUT2D eigenvalue weighted by Gasteiger charge is 2.30. The molecule has 0 amide bonds. The summed E-state index contributed by atoms with van der Waals surface area (Å²) in [6.07, 6.45) is 2.88. The van der Waals surface area contributed by atoms with Gasteiger partial charge in [0.15, 0.2) is 9.84 Å². The molecule has 1 fully saturated rings. The molecule has 82 valence electrons. The molecule has 2 rings (SSSR count). The van der Waals surface area contributed by atoms with Gasteiger partial charge in [0.1, 0.15) is 0 Å². The predicted octanol–water partition coefficient (Wildman–Crippen LogP) is 1.53. The molecule has 0 saturated heterocycles. The van der Waals surface area contributed by atoms with Crippen LogP contribution in [0.25, 0.3) is 0 Å². The third-order valence-electron chi connectivity index (χ3n) is 2.72. The number of sulfone groups is 1. The topological polar surface area (TPSA) is 54.4 Å². The van der Waals surface area contributed by atoms with Crippen LogP contribution < -0.4 is 0 Å². The number of aliphatic hydroxyl groups is 1. The lowest BCUT2D eigenvalue weighted by atomic mass is 10.1. The first-order valence-electron chi connectivity index (χ1n) is 4.96. The van der Waals surface area contributed by atoms with Crippen LogP contribution in [0.4, 0.5) is 0 Å². The van der Waals surface area contributed by atoms with Gasteiger partial charge >= 0.3 is 0 Å². The van der Waals surface area contributed by atoms with E-state index in [4.69, 9.17) is 0 Å². The van der Waals surface area contributed by atoms with E-state index < -0.39 is 15.9 Å². The quantitative estimate of drug-likeness (QED) is 0.850. The third kappa shape index (κ3) is 2.38. The van der Waals surface area contributed by atoms with Crippen LogP contribution in [0.15, 0.2) is 29.2 Å². The smallest absolute Gasteiger partial charge is 0.175 e. The van der Waals surface area contributed by atoms with Gasteiger partial charge in [-0.3, -0.25) is 0 Å². The van der Waals surface area contributed by atoms with E-state index in [0.717, 1.165) is 18.4 Å². The van der Waals surface area contributed by atoms with Gasteiger partial charge < -0.3 is 5.11 Å². The van der Waals surface area contributed by atoms with Gasteiger partial charge in [0, 0.05) is 6.26 Å². The minimum atomic E-state index is -3.13. The Morgan fingerprint density at radius 1 is 1.27 bits per heavy atom. The van der Waals surface area contributed by atoms with Crippen LogP contribution in [0.2, 0.25) is 0 Å². The summed E-state index contributed by atoms with van der Waals surface area (Å²) in [4.78, 5) is 0.300. The lowest BCUT2D eigenvalue weighted by Gasteiger charge is -2.09. The molecule has 0 bridgehead atoms. The van der Waals surface area contributed by atoms with E-state index in [9.17, 15) is 13.5 Å². The Kier molecular flexibility index (Phi) is 2.56. The van der Waals surface area contributed by atoms with Gasteiger partial charge in [-0.1, -0.05) is 12.1 Å². The molecule has 1 atom stereocenters. The third-order valence-corrected chi connectivity index (χ3v) is 3.85. The van der Waals surface area contributed by atoms with E-state index in [-0.39, 0.29) is 0 Å².